The van der Waals surface area contributed by atoms with Crippen LogP contribution in [0.2, 0.25) is 0 Å². The van der Waals surface area contributed by atoms with E-state index in [1.165, 1.54) is 32.8 Å². The van der Waals surface area contributed by atoms with Gasteiger partial charge in [0.25, 0.3) is 0 Å². The second-order valence-corrected chi connectivity index (χ2v) is 14.4. The van der Waals surface area contributed by atoms with Gasteiger partial charge in [0.15, 0.2) is 17.5 Å². The molecule has 0 spiro atoms. The van der Waals surface area contributed by atoms with E-state index in [-0.39, 0.29) is 0 Å². The molecule has 9 aromatic carbocycles. The summed E-state index contributed by atoms with van der Waals surface area (Å²) in [4.78, 5) is 15.5. The van der Waals surface area contributed by atoms with Gasteiger partial charge in [0.1, 0.15) is 11.2 Å². The second kappa shape index (κ2) is 13.6. The van der Waals surface area contributed by atoms with Gasteiger partial charge in [-0.2, -0.15) is 0 Å². The predicted octanol–water partition coefficient (Wildman–Crippen LogP) is 14.1. The van der Waals surface area contributed by atoms with Gasteiger partial charge in [-0.1, -0.05) is 182 Å². The first-order valence-electron chi connectivity index (χ1n) is 19.2. The fourth-order valence-electron chi connectivity index (χ4n) is 8.00. The number of para-hydroxylation sites is 1. The Labute approximate surface area is 329 Å². The zero-order valence-corrected chi connectivity index (χ0v) is 30.8. The molecule has 0 amide bonds. The Kier molecular flexibility index (Phi) is 7.78. The highest BCUT2D eigenvalue weighted by Crippen LogP contribution is 2.41. The molecule has 0 atom stereocenters. The van der Waals surface area contributed by atoms with Crippen LogP contribution in [0.25, 0.3) is 111 Å². The maximum atomic E-state index is 6.70. The second-order valence-electron chi connectivity index (χ2n) is 14.4. The smallest absolute Gasteiger partial charge is 0.164 e. The van der Waals surface area contributed by atoms with E-state index >= 15 is 0 Å². The van der Waals surface area contributed by atoms with Crippen molar-refractivity contribution in [1.29, 1.82) is 0 Å². The molecule has 11 aromatic rings. The van der Waals surface area contributed by atoms with E-state index in [1.807, 2.05) is 18.2 Å². The summed E-state index contributed by atoms with van der Waals surface area (Å²) in [5, 5.41) is 6.73. The first-order valence-corrected chi connectivity index (χ1v) is 19.2. The Balaban J connectivity index is 1.05. The minimum Gasteiger partial charge on any atom is -0.455 e. The normalized spacial score (nSPS) is 11.5. The van der Waals surface area contributed by atoms with Gasteiger partial charge in [-0.25, -0.2) is 15.0 Å². The Morgan fingerprint density at radius 3 is 1.51 bits per heavy atom. The van der Waals surface area contributed by atoms with Crippen LogP contribution in [0.15, 0.2) is 205 Å². The molecule has 266 valence electrons. The summed E-state index contributed by atoms with van der Waals surface area (Å²) in [7, 11) is 0. The van der Waals surface area contributed by atoms with Gasteiger partial charge in [-0.3, -0.25) is 0 Å². The van der Waals surface area contributed by atoms with Crippen LogP contribution in [-0.4, -0.2) is 15.0 Å². The van der Waals surface area contributed by atoms with Crippen LogP contribution in [0.4, 0.5) is 0 Å². The minimum absolute atomic E-state index is 0.590. The van der Waals surface area contributed by atoms with Crippen molar-refractivity contribution in [2.45, 2.75) is 0 Å². The standard InChI is InChI=1S/C53H33N3O/c1-2-10-34(11-3-1)37-20-26-39(27-21-37)45-16-8-17-46-49-47(18-9-19-48(49)57-50(45)46)53-55-51(54-52(56-53)44-31-25-36-13-5-7-15-42(36)33-44)40-28-22-38(23-29-40)43-30-24-35-12-4-6-14-41(35)32-43/h1-33H. The molecule has 4 nitrogen and oxygen atoms in total. The molecule has 0 aliphatic rings. The molecule has 0 aliphatic heterocycles. The van der Waals surface area contributed by atoms with Crippen molar-refractivity contribution in [3.8, 4) is 67.5 Å². The Bertz CT molecular complexity index is 3280. The summed E-state index contributed by atoms with van der Waals surface area (Å²) in [6, 6.07) is 69.9. The summed E-state index contributed by atoms with van der Waals surface area (Å²) in [5.74, 6) is 1.81. The van der Waals surface area contributed by atoms with Gasteiger partial charge in [0.2, 0.25) is 0 Å². The van der Waals surface area contributed by atoms with Crippen LogP contribution in [-0.2, 0) is 0 Å². The fraction of sp³-hybridized carbons (Fsp3) is 0. The first kappa shape index (κ1) is 32.7. The molecule has 0 N–H and O–H groups in total. The molecule has 2 aromatic heterocycles. The fourth-order valence-corrected chi connectivity index (χ4v) is 8.00. The average Bonchev–Trinajstić information content (AvgIpc) is 3.68. The Hall–Kier alpha value is -7.69. The van der Waals surface area contributed by atoms with E-state index in [1.54, 1.807) is 0 Å². The van der Waals surface area contributed by atoms with Gasteiger partial charge in [-0.15, -0.1) is 0 Å². The van der Waals surface area contributed by atoms with Crippen molar-refractivity contribution >= 4 is 43.5 Å². The van der Waals surface area contributed by atoms with E-state index in [2.05, 4.69) is 182 Å². The zero-order valence-electron chi connectivity index (χ0n) is 30.8. The summed E-state index contributed by atoms with van der Waals surface area (Å²) in [6.45, 7) is 0. The third-order valence-electron chi connectivity index (χ3n) is 10.9. The maximum Gasteiger partial charge on any atom is 0.164 e. The highest BCUT2D eigenvalue weighted by Gasteiger charge is 2.20. The molecule has 0 saturated carbocycles. The lowest BCUT2D eigenvalue weighted by atomic mass is 9.98. The van der Waals surface area contributed by atoms with Crippen LogP contribution in [0.5, 0.6) is 0 Å². The van der Waals surface area contributed by atoms with Gasteiger partial charge in [-0.05, 0) is 67.6 Å². The number of rotatable bonds is 6. The lowest BCUT2D eigenvalue weighted by molar-refractivity contribution is 0.670. The van der Waals surface area contributed by atoms with Gasteiger partial charge in [0, 0.05) is 33.0 Å². The number of hydrogen-bond acceptors (Lipinski definition) is 4. The monoisotopic (exact) mass is 727 g/mol. The third kappa shape index (κ3) is 5.92. The van der Waals surface area contributed by atoms with E-state index < -0.39 is 0 Å². The molecule has 4 heteroatoms. The van der Waals surface area contributed by atoms with Crippen LogP contribution >= 0.6 is 0 Å². The van der Waals surface area contributed by atoms with Crippen molar-refractivity contribution in [2.75, 3.05) is 0 Å². The molecule has 0 aliphatic carbocycles. The van der Waals surface area contributed by atoms with E-state index in [9.17, 15) is 0 Å². The summed E-state index contributed by atoms with van der Waals surface area (Å²) < 4.78 is 6.70. The zero-order chi connectivity index (χ0) is 37.7. The van der Waals surface area contributed by atoms with Crippen molar-refractivity contribution in [3.63, 3.8) is 0 Å². The van der Waals surface area contributed by atoms with Gasteiger partial charge >= 0.3 is 0 Å². The lowest BCUT2D eigenvalue weighted by Gasteiger charge is -2.11. The number of hydrogen-bond donors (Lipinski definition) is 0. The number of benzene rings is 9. The molecule has 0 radical (unpaired) electrons. The maximum absolute atomic E-state index is 6.70. The molecule has 0 saturated heterocycles. The average molecular weight is 728 g/mol. The van der Waals surface area contributed by atoms with Crippen molar-refractivity contribution in [1.82, 2.24) is 15.0 Å². The van der Waals surface area contributed by atoms with Gasteiger partial charge in [0.05, 0.1) is 0 Å². The van der Waals surface area contributed by atoms with Crippen LogP contribution in [0, 0.1) is 0 Å². The molecular formula is C53H33N3O. The SMILES string of the molecule is c1ccc(-c2ccc(-c3cccc4c3oc3cccc(-c5nc(-c6ccc(-c7ccc8ccccc8c7)cc6)nc(-c6ccc7ccccc7c6)n5)c34)cc2)cc1. The summed E-state index contributed by atoms with van der Waals surface area (Å²) in [5.41, 5.74) is 11.1. The van der Waals surface area contributed by atoms with Gasteiger partial charge < -0.3 is 4.42 Å². The van der Waals surface area contributed by atoms with Crippen LogP contribution in [0.3, 0.4) is 0 Å². The molecule has 0 bridgehead atoms. The predicted molar refractivity (Wildman–Crippen MR) is 235 cm³/mol. The minimum atomic E-state index is 0.590. The molecular weight excluding hydrogens is 695 g/mol. The number of nitrogens with zero attached hydrogens (tertiary/aromatic N) is 3. The summed E-state index contributed by atoms with van der Waals surface area (Å²) >= 11 is 0. The number of aromatic nitrogens is 3. The number of fused-ring (bicyclic) bond motifs is 5. The highest BCUT2D eigenvalue weighted by molar-refractivity contribution is 6.15. The molecule has 2 heterocycles. The van der Waals surface area contributed by atoms with Crippen LogP contribution < -0.4 is 0 Å². The molecule has 0 fully saturated rings. The van der Waals surface area contributed by atoms with E-state index in [4.69, 9.17) is 19.4 Å². The largest absolute Gasteiger partial charge is 0.455 e. The first-order chi connectivity index (χ1) is 28.2. The van der Waals surface area contributed by atoms with E-state index in [0.717, 1.165) is 60.7 Å². The molecule has 57 heavy (non-hydrogen) atoms. The number of furan rings is 1. The summed E-state index contributed by atoms with van der Waals surface area (Å²) in [6.07, 6.45) is 0. The molecule has 11 rings (SSSR count). The van der Waals surface area contributed by atoms with E-state index in [0.29, 0.717) is 17.5 Å². The van der Waals surface area contributed by atoms with Crippen molar-refractivity contribution < 1.29 is 4.42 Å². The topological polar surface area (TPSA) is 51.8 Å². The lowest BCUT2D eigenvalue weighted by Crippen LogP contribution is -2.00. The highest BCUT2D eigenvalue weighted by atomic mass is 16.3. The van der Waals surface area contributed by atoms with Crippen molar-refractivity contribution in [3.05, 3.63) is 200 Å². The quantitative estimate of drug-likeness (QED) is 0.171. The Morgan fingerprint density at radius 1 is 0.298 bits per heavy atom. The molecule has 0 unspecified atom stereocenters. The third-order valence-corrected chi connectivity index (χ3v) is 10.9. The van der Waals surface area contributed by atoms with Crippen molar-refractivity contribution in [2.24, 2.45) is 0 Å². The van der Waals surface area contributed by atoms with Crippen LogP contribution in [0.1, 0.15) is 0 Å². The Morgan fingerprint density at radius 2 is 0.789 bits per heavy atom.